The van der Waals surface area contributed by atoms with Crippen molar-refractivity contribution in [2.24, 2.45) is 0 Å². The molecule has 20 heavy (non-hydrogen) atoms. The zero-order chi connectivity index (χ0) is 13.2. The normalized spacial score (nSPS) is 18.6. The van der Waals surface area contributed by atoms with Gasteiger partial charge in [0, 0.05) is 18.7 Å². The second-order valence-electron chi connectivity index (χ2n) is 4.15. The third kappa shape index (κ3) is 2.95. The van der Waals surface area contributed by atoms with Crippen molar-refractivity contribution in [3.63, 3.8) is 0 Å². The van der Waals surface area contributed by atoms with E-state index in [0.29, 0.717) is 24.6 Å². The van der Waals surface area contributed by atoms with Crippen molar-refractivity contribution in [1.82, 2.24) is 15.5 Å². The van der Waals surface area contributed by atoms with Crippen LogP contribution in [0.2, 0.25) is 0 Å². The number of nitrogens with one attached hydrogen (secondary N) is 1. The Bertz CT molecular complexity index is 588. The molecule has 0 amide bonds. The van der Waals surface area contributed by atoms with Crippen molar-refractivity contribution in [2.45, 2.75) is 6.10 Å². The van der Waals surface area contributed by atoms with Crippen LogP contribution in [0.1, 0.15) is 12.0 Å². The second-order valence-corrected chi connectivity index (χ2v) is 4.15. The molecular formula is C12H12ClF2N3O2. The summed E-state index contributed by atoms with van der Waals surface area (Å²) in [6, 6.07) is 3.45. The first kappa shape index (κ1) is 14.8. The van der Waals surface area contributed by atoms with Crippen LogP contribution in [0.5, 0.6) is 0 Å². The molecule has 2 aromatic rings. The number of benzene rings is 1. The van der Waals surface area contributed by atoms with Crippen LogP contribution in [0.4, 0.5) is 8.78 Å². The molecule has 1 N–H and O–H groups in total. The Balaban J connectivity index is 0.00000147. The van der Waals surface area contributed by atoms with E-state index in [1.165, 1.54) is 6.07 Å². The molecule has 0 saturated carbocycles. The van der Waals surface area contributed by atoms with Gasteiger partial charge < -0.3 is 14.6 Å². The molecule has 1 aromatic heterocycles. The SMILES string of the molecule is Cl.Fc1ccc(-c2noc(C3CNCCO3)n2)cc1F. The standard InChI is InChI=1S/C12H11F2N3O2.ClH/c13-8-2-1-7(5-9(8)14)11-16-12(19-17-11)10-6-15-3-4-18-10;/h1-2,5,10,15H,3-4,6H2;1H. The van der Waals surface area contributed by atoms with Crippen LogP contribution in [0.25, 0.3) is 11.4 Å². The quantitative estimate of drug-likeness (QED) is 0.920. The molecule has 0 aliphatic carbocycles. The molecular weight excluding hydrogens is 292 g/mol. The van der Waals surface area contributed by atoms with Crippen LogP contribution in [0, 0.1) is 11.6 Å². The lowest BCUT2D eigenvalue weighted by molar-refractivity contribution is 0.00755. The highest BCUT2D eigenvalue weighted by atomic mass is 35.5. The van der Waals surface area contributed by atoms with Gasteiger partial charge in [0.2, 0.25) is 5.82 Å². The van der Waals surface area contributed by atoms with Crippen LogP contribution < -0.4 is 5.32 Å². The summed E-state index contributed by atoms with van der Waals surface area (Å²) in [5.41, 5.74) is 0.359. The maximum absolute atomic E-state index is 13.1. The number of morpholine rings is 1. The van der Waals surface area contributed by atoms with Crippen LogP contribution in [-0.2, 0) is 4.74 Å². The summed E-state index contributed by atoms with van der Waals surface area (Å²) in [5, 5.41) is 6.89. The smallest absolute Gasteiger partial charge is 0.257 e. The number of rotatable bonds is 2. The minimum absolute atomic E-state index is 0. The summed E-state index contributed by atoms with van der Waals surface area (Å²) in [5.74, 6) is -1.32. The van der Waals surface area contributed by atoms with Gasteiger partial charge in [-0.05, 0) is 18.2 Å². The summed E-state index contributed by atoms with van der Waals surface area (Å²) in [6.45, 7) is 1.92. The first-order valence-corrected chi connectivity index (χ1v) is 5.85. The zero-order valence-corrected chi connectivity index (χ0v) is 11.1. The molecule has 0 spiro atoms. The van der Waals surface area contributed by atoms with Crippen LogP contribution >= 0.6 is 12.4 Å². The lowest BCUT2D eigenvalue weighted by atomic mass is 10.2. The van der Waals surface area contributed by atoms with Gasteiger partial charge in [0.05, 0.1) is 6.61 Å². The molecule has 108 valence electrons. The van der Waals surface area contributed by atoms with Gasteiger partial charge >= 0.3 is 0 Å². The molecule has 1 unspecified atom stereocenters. The molecule has 1 aliphatic rings. The second kappa shape index (κ2) is 6.25. The zero-order valence-electron chi connectivity index (χ0n) is 10.3. The summed E-state index contributed by atoms with van der Waals surface area (Å²) in [7, 11) is 0. The molecule has 1 atom stereocenters. The Hall–Kier alpha value is -1.57. The molecule has 1 aliphatic heterocycles. The molecule has 8 heteroatoms. The third-order valence-electron chi connectivity index (χ3n) is 2.82. The number of halogens is 3. The fraction of sp³-hybridized carbons (Fsp3) is 0.333. The molecule has 5 nitrogen and oxygen atoms in total. The van der Waals surface area contributed by atoms with Gasteiger partial charge in [0.15, 0.2) is 11.6 Å². The van der Waals surface area contributed by atoms with Gasteiger partial charge in [0.25, 0.3) is 5.89 Å². The minimum atomic E-state index is -0.945. The molecule has 1 fully saturated rings. The first-order chi connectivity index (χ1) is 9.24. The molecule has 2 heterocycles. The highest BCUT2D eigenvalue weighted by molar-refractivity contribution is 5.85. The monoisotopic (exact) mass is 303 g/mol. The lowest BCUT2D eigenvalue weighted by Crippen LogP contribution is -2.33. The molecule has 3 rings (SSSR count). The Morgan fingerprint density at radius 3 is 2.80 bits per heavy atom. The predicted molar refractivity (Wildman–Crippen MR) is 68.5 cm³/mol. The largest absolute Gasteiger partial charge is 0.366 e. The van der Waals surface area contributed by atoms with Gasteiger partial charge in [-0.25, -0.2) is 8.78 Å². The average Bonchev–Trinajstić information content (AvgIpc) is 2.93. The summed E-state index contributed by atoms with van der Waals surface area (Å²) >= 11 is 0. The average molecular weight is 304 g/mol. The topological polar surface area (TPSA) is 60.2 Å². The Labute approximate surface area is 119 Å². The van der Waals surface area contributed by atoms with Gasteiger partial charge in [0.1, 0.15) is 6.10 Å². The number of aromatic nitrogens is 2. The Morgan fingerprint density at radius 1 is 1.25 bits per heavy atom. The summed E-state index contributed by atoms with van der Waals surface area (Å²) in [4.78, 5) is 4.14. The summed E-state index contributed by atoms with van der Waals surface area (Å²) < 4.78 is 36.5. The predicted octanol–water partition coefficient (Wildman–Crippen LogP) is 2.10. The van der Waals surface area contributed by atoms with Gasteiger partial charge in [-0.1, -0.05) is 5.16 Å². The van der Waals surface area contributed by atoms with E-state index in [9.17, 15) is 8.78 Å². The van der Waals surface area contributed by atoms with Crippen molar-refractivity contribution in [2.75, 3.05) is 19.7 Å². The van der Waals surface area contributed by atoms with Crippen molar-refractivity contribution in [3.05, 3.63) is 35.7 Å². The van der Waals surface area contributed by atoms with Gasteiger partial charge in [-0.3, -0.25) is 0 Å². The third-order valence-corrected chi connectivity index (χ3v) is 2.82. The highest BCUT2D eigenvalue weighted by Gasteiger charge is 2.22. The van der Waals surface area contributed by atoms with E-state index >= 15 is 0 Å². The van der Waals surface area contributed by atoms with E-state index in [-0.39, 0.29) is 24.3 Å². The Kier molecular flexibility index (Phi) is 4.64. The van der Waals surface area contributed by atoms with Crippen LogP contribution in [0.15, 0.2) is 22.7 Å². The van der Waals surface area contributed by atoms with Crippen molar-refractivity contribution in [1.29, 1.82) is 0 Å². The van der Waals surface area contributed by atoms with Crippen molar-refractivity contribution < 1.29 is 18.0 Å². The van der Waals surface area contributed by atoms with E-state index in [1.807, 2.05) is 0 Å². The van der Waals surface area contributed by atoms with E-state index < -0.39 is 11.6 Å². The summed E-state index contributed by atoms with van der Waals surface area (Å²) in [6.07, 6.45) is -0.305. The Morgan fingerprint density at radius 2 is 2.10 bits per heavy atom. The molecule has 1 saturated heterocycles. The number of ether oxygens (including phenoxy) is 1. The van der Waals surface area contributed by atoms with E-state index in [1.54, 1.807) is 0 Å². The van der Waals surface area contributed by atoms with E-state index in [0.717, 1.165) is 18.7 Å². The number of nitrogens with zero attached hydrogens (tertiary/aromatic N) is 2. The van der Waals surface area contributed by atoms with Gasteiger partial charge in [-0.2, -0.15) is 4.98 Å². The maximum Gasteiger partial charge on any atom is 0.257 e. The number of hydrogen-bond acceptors (Lipinski definition) is 5. The van der Waals surface area contributed by atoms with E-state index in [2.05, 4.69) is 15.5 Å². The first-order valence-electron chi connectivity index (χ1n) is 5.85. The molecule has 0 radical (unpaired) electrons. The highest BCUT2D eigenvalue weighted by Crippen LogP contribution is 2.22. The van der Waals surface area contributed by atoms with Crippen LogP contribution in [0.3, 0.4) is 0 Å². The maximum atomic E-state index is 13.1. The number of hydrogen-bond donors (Lipinski definition) is 1. The fourth-order valence-corrected chi connectivity index (χ4v) is 1.84. The molecule has 1 aromatic carbocycles. The van der Waals surface area contributed by atoms with Gasteiger partial charge in [-0.15, -0.1) is 12.4 Å². The molecule has 0 bridgehead atoms. The van der Waals surface area contributed by atoms with E-state index in [4.69, 9.17) is 9.26 Å². The lowest BCUT2D eigenvalue weighted by Gasteiger charge is -2.19. The van der Waals surface area contributed by atoms with Crippen LogP contribution in [-0.4, -0.2) is 29.8 Å². The van der Waals surface area contributed by atoms with Crippen molar-refractivity contribution >= 4 is 12.4 Å². The van der Waals surface area contributed by atoms with Crippen molar-refractivity contribution in [3.8, 4) is 11.4 Å². The fourth-order valence-electron chi connectivity index (χ4n) is 1.84. The minimum Gasteiger partial charge on any atom is -0.366 e.